The lowest BCUT2D eigenvalue weighted by Gasteiger charge is -2.32. The fourth-order valence-corrected chi connectivity index (χ4v) is 1.90. The van der Waals surface area contributed by atoms with Crippen molar-refractivity contribution in [1.29, 1.82) is 0 Å². The predicted molar refractivity (Wildman–Crippen MR) is 57.6 cm³/mol. The van der Waals surface area contributed by atoms with Crippen LogP contribution in [0, 0.1) is 5.92 Å². The topological polar surface area (TPSA) is 41.6 Å². The van der Waals surface area contributed by atoms with Crippen LogP contribution in [0.1, 0.15) is 19.8 Å². The number of hydrogen-bond acceptors (Lipinski definition) is 3. The quantitative estimate of drug-likeness (QED) is 0.725. The molecule has 86 valence electrons. The number of carbonyl (C=O) groups is 1. The number of rotatable bonds is 4. The van der Waals surface area contributed by atoms with E-state index < -0.39 is 0 Å². The molecule has 1 saturated heterocycles. The largest absolute Gasteiger partial charge is 0.374 e. The minimum Gasteiger partial charge on any atom is -0.374 e. The maximum absolute atomic E-state index is 11.4. The normalized spacial score (nSPS) is 27.7. The molecule has 1 aliphatic heterocycles. The molecule has 1 amide bonds. The van der Waals surface area contributed by atoms with E-state index in [-0.39, 0.29) is 12.0 Å². The fourth-order valence-electron chi connectivity index (χ4n) is 1.90. The Balaban J connectivity index is 1.67. The predicted octanol–water partition coefficient (Wildman–Crippen LogP) is 0.233. The molecule has 0 aromatic heterocycles. The van der Waals surface area contributed by atoms with E-state index in [1.807, 2.05) is 0 Å². The Morgan fingerprint density at radius 3 is 3.00 bits per heavy atom. The molecule has 0 aromatic carbocycles. The van der Waals surface area contributed by atoms with E-state index in [1.165, 1.54) is 0 Å². The summed E-state index contributed by atoms with van der Waals surface area (Å²) in [6.45, 7) is 6.65. The van der Waals surface area contributed by atoms with Gasteiger partial charge in [-0.25, -0.2) is 0 Å². The highest BCUT2D eigenvalue weighted by Gasteiger charge is 2.30. The van der Waals surface area contributed by atoms with Crippen LogP contribution in [0.4, 0.5) is 0 Å². The summed E-state index contributed by atoms with van der Waals surface area (Å²) in [5, 5.41) is 2.97. The van der Waals surface area contributed by atoms with Gasteiger partial charge in [0.2, 0.25) is 5.91 Å². The van der Waals surface area contributed by atoms with Gasteiger partial charge in [0.1, 0.15) is 0 Å². The van der Waals surface area contributed by atoms with Crippen molar-refractivity contribution in [2.45, 2.75) is 25.9 Å². The van der Waals surface area contributed by atoms with E-state index >= 15 is 0 Å². The van der Waals surface area contributed by atoms with Gasteiger partial charge in [-0.3, -0.25) is 9.69 Å². The molecule has 0 aromatic rings. The first-order chi connectivity index (χ1) is 7.29. The number of morpholine rings is 1. The molecule has 15 heavy (non-hydrogen) atoms. The van der Waals surface area contributed by atoms with Gasteiger partial charge in [-0.05, 0) is 19.4 Å². The molecule has 0 spiro atoms. The van der Waals surface area contributed by atoms with Crippen LogP contribution < -0.4 is 5.32 Å². The number of ether oxygens (including phenoxy) is 1. The molecule has 2 aliphatic rings. The van der Waals surface area contributed by atoms with Gasteiger partial charge in [-0.15, -0.1) is 0 Å². The maximum atomic E-state index is 11.4. The molecule has 2 fully saturated rings. The van der Waals surface area contributed by atoms with E-state index in [2.05, 4.69) is 17.1 Å². The molecule has 1 heterocycles. The molecule has 1 unspecified atom stereocenters. The average Bonchev–Trinajstić information content (AvgIpc) is 3.10. The van der Waals surface area contributed by atoms with Crippen molar-refractivity contribution in [3.8, 4) is 0 Å². The molecular formula is C11H20N2O2. The van der Waals surface area contributed by atoms with Crippen molar-refractivity contribution >= 4 is 5.91 Å². The minimum atomic E-state index is 0.182. The highest BCUT2D eigenvalue weighted by molar-refractivity contribution is 5.80. The summed E-state index contributed by atoms with van der Waals surface area (Å²) in [6.07, 6.45) is 2.32. The standard InChI is InChI=1S/C11H20N2O2/c1-2-13-5-6-15-10(8-13)7-12-11(14)9-3-4-9/h9-10H,2-8H2,1H3,(H,12,14). The smallest absolute Gasteiger partial charge is 0.223 e. The van der Waals surface area contributed by atoms with Gasteiger partial charge < -0.3 is 10.1 Å². The number of likely N-dealkylation sites (N-methyl/N-ethyl adjacent to an activating group) is 1. The molecule has 1 aliphatic carbocycles. The Morgan fingerprint density at radius 2 is 2.33 bits per heavy atom. The van der Waals surface area contributed by atoms with Crippen LogP contribution in [0.5, 0.6) is 0 Å². The van der Waals surface area contributed by atoms with Crippen LogP contribution in [0.3, 0.4) is 0 Å². The molecule has 1 N–H and O–H groups in total. The summed E-state index contributed by atoms with van der Waals surface area (Å²) in [5.41, 5.74) is 0. The SMILES string of the molecule is CCN1CCOC(CNC(=O)C2CC2)C1. The van der Waals surface area contributed by atoms with Crippen molar-refractivity contribution < 1.29 is 9.53 Å². The Kier molecular flexibility index (Phi) is 3.59. The third kappa shape index (κ3) is 3.18. The van der Waals surface area contributed by atoms with E-state index in [9.17, 15) is 4.79 Å². The number of nitrogens with one attached hydrogen (secondary N) is 1. The molecule has 1 saturated carbocycles. The maximum Gasteiger partial charge on any atom is 0.223 e. The third-order valence-corrected chi connectivity index (χ3v) is 3.12. The van der Waals surface area contributed by atoms with Crippen LogP contribution in [0.25, 0.3) is 0 Å². The molecular weight excluding hydrogens is 192 g/mol. The lowest BCUT2D eigenvalue weighted by atomic mass is 10.2. The van der Waals surface area contributed by atoms with E-state index in [4.69, 9.17) is 4.74 Å². The summed E-state index contributed by atoms with van der Waals surface area (Å²) in [6, 6.07) is 0. The summed E-state index contributed by atoms with van der Waals surface area (Å²) in [4.78, 5) is 13.8. The molecule has 2 rings (SSSR count). The number of carbonyl (C=O) groups excluding carboxylic acids is 1. The number of hydrogen-bond donors (Lipinski definition) is 1. The molecule has 1 atom stereocenters. The molecule has 0 bridgehead atoms. The Bertz CT molecular complexity index is 229. The summed E-state index contributed by atoms with van der Waals surface area (Å²) < 4.78 is 5.60. The van der Waals surface area contributed by atoms with Crippen molar-refractivity contribution in [3.63, 3.8) is 0 Å². The lowest BCUT2D eigenvalue weighted by molar-refractivity contribution is -0.123. The zero-order chi connectivity index (χ0) is 10.7. The van der Waals surface area contributed by atoms with Gasteiger partial charge >= 0.3 is 0 Å². The monoisotopic (exact) mass is 212 g/mol. The molecule has 0 radical (unpaired) electrons. The van der Waals surface area contributed by atoms with Gasteiger partial charge in [-0.1, -0.05) is 6.92 Å². The van der Waals surface area contributed by atoms with Crippen LogP contribution >= 0.6 is 0 Å². The highest BCUT2D eigenvalue weighted by atomic mass is 16.5. The minimum absolute atomic E-state index is 0.182. The van der Waals surface area contributed by atoms with Gasteiger partial charge in [0, 0.05) is 25.6 Å². The van der Waals surface area contributed by atoms with Crippen LogP contribution in [-0.4, -0.2) is 49.7 Å². The lowest BCUT2D eigenvalue weighted by Crippen LogP contribution is -2.47. The van der Waals surface area contributed by atoms with Gasteiger partial charge in [-0.2, -0.15) is 0 Å². The van der Waals surface area contributed by atoms with Crippen molar-refractivity contribution in [1.82, 2.24) is 10.2 Å². The Hall–Kier alpha value is -0.610. The molecule has 4 nitrogen and oxygen atoms in total. The van der Waals surface area contributed by atoms with Gasteiger partial charge in [0.15, 0.2) is 0 Å². The van der Waals surface area contributed by atoms with Gasteiger partial charge in [0.25, 0.3) is 0 Å². The Labute approximate surface area is 91.0 Å². The van der Waals surface area contributed by atoms with Crippen molar-refractivity contribution in [2.75, 3.05) is 32.8 Å². The fraction of sp³-hybridized carbons (Fsp3) is 0.909. The number of amides is 1. The van der Waals surface area contributed by atoms with E-state index in [0.29, 0.717) is 12.5 Å². The Morgan fingerprint density at radius 1 is 1.53 bits per heavy atom. The second-order valence-corrected chi connectivity index (χ2v) is 4.41. The first-order valence-electron chi connectivity index (χ1n) is 5.91. The van der Waals surface area contributed by atoms with Crippen LogP contribution in [0.15, 0.2) is 0 Å². The van der Waals surface area contributed by atoms with Crippen molar-refractivity contribution in [2.24, 2.45) is 5.92 Å². The zero-order valence-corrected chi connectivity index (χ0v) is 9.37. The second kappa shape index (κ2) is 4.94. The second-order valence-electron chi connectivity index (χ2n) is 4.41. The first-order valence-corrected chi connectivity index (χ1v) is 5.91. The van der Waals surface area contributed by atoms with E-state index in [0.717, 1.165) is 39.1 Å². The van der Waals surface area contributed by atoms with Gasteiger partial charge in [0.05, 0.1) is 12.7 Å². The first kappa shape index (κ1) is 10.9. The summed E-state index contributed by atoms with van der Waals surface area (Å²) in [5.74, 6) is 0.517. The van der Waals surface area contributed by atoms with Crippen molar-refractivity contribution in [3.05, 3.63) is 0 Å². The van der Waals surface area contributed by atoms with Crippen LogP contribution in [-0.2, 0) is 9.53 Å². The highest BCUT2D eigenvalue weighted by Crippen LogP contribution is 2.28. The number of nitrogens with zero attached hydrogens (tertiary/aromatic N) is 1. The average molecular weight is 212 g/mol. The zero-order valence-electron chi connectivity index (χ0n) is 9.37. The molecule has 4 heteroatoms. The third-order valence-electron chi connectivity index (χ3n) is 3.12. The van der Waals surface area contributed by atoms with E-state index in [1.54, 1.807) is 0 Å². The summed E-state index contributed by atoms with van der Waals surface area (Å²) >= 11 is 0. The summed E-state index contributed by atoms with van der Waals surface area (Å²) in [7, 11) is 0. The van der Waals surface area contributed by atoms with Crippen LogP contribution in [0.2, 0.25) is 0 Å².